The Bertz CT molecular complexity index is 1060. The van der Waals surface area contributed by atoms with Gasteiger partial charge in [0.25, 0.3) is 0 Å². The van der Waals surface area contributed by atoms with Crippen LogP contribution in [0.1, 0.15) is 31.4 Å². The Morgan fingerprint density at radius 3 is 2.48 bits per heavy atom. The topological polar surface area (TPSA) is 79.4 Å². The van der Waals surface area contributed by atoms with E-state index in [1.165, 1.54) is 4.90 Å². The maximum atomic E-state index is 13.2. The Hall–Kier alpha value is -3.39. The molecule has 0 unspecified atom stereocenters. The Morgan fingerprint density at radius 2 is 1.70 bits per heavy atom. The van der Waals surface area contributed by atoms with Crippen molar-refractivity contribution >= 4 is 17.8 Å². The van der Waals surface area contributed by atoms with Gasteiger partial charge in [-0.2, -0.15) is 0 Å². The van der Waals surface area contributed by atoms with E-state index in [-0.39, 0.29) is 12.1 Å². The van der Waals surface area contributed by atoms with Gasteiger partial charge in [-0.1, -0.05) is 42.5 Å². The van der Waals surface area contributed by atoms with E-state index in [1.807, 2.05) is 54.6 Å². The van der Waals surface area contributed by atoms with Gasteiger partial charge >= 0.3 is 17.8 Å². The van der Waals surface area contributed by atoms with Crippen molar-refractivity contribution in [2.75, 3.05) is 26.2 Å². The quantitative estimate of drug-likeness (QED) is 0.516. The van der Waals surface area contributed by atoms with Gasteiger partial charge < -0.3 is 9.47 Å². The lowest BCUT2D eigenvalue weighted by Crippen LogP contribution is -2.53. The molecule has 3 heterocycles. The van der Waals surface area contributed by atoms with Crippen molar-refractivity contribution in [3.8, 4) is 11.5 Å². The summed E-state index contributed by atoms with van der Waals surface area (Å²) in [6, 6.07) is 15.5. The average Bonchev–Trinajstić information content (AvgIpc) is 3.07. The highest BCUT2D eigenvalue weighted by Gasteiger charge is 2.50. The smallest absolute Gasteiger partial charge is 0.335 e. The molecule has 3 aliphatic heterocycles. The summed E-state index contributed by atoms with van der Waals surface area (Å²) in [5.74, 6) is -0.0251. The van der Waals surface area contributed by atoms with Crippen LogP contribution in [0.25, 0.3) is 0 Å². The number of carbonyl (C=O) groups is 3. The van der Waals surface area contributed by atoms with Crippen molar-refractivity contribution in [2.24, 2.45) is 0 Å². The second-order valence-corrected chi connectivity index (χ2v) is 8.77. The van der Waals surface area contributed by atoms with E-state index >= 15 is 0 Å². The van der Waals surface area contributed by atoms with Crippen molar-refractivity contribution in [3.05, 3.63) is 60.2 Å². The summed E-state index contributed by atoms with van der Waals surface area (Å²) in [5, 5.41) is 0. The summed E-state index contributed by atoms with van der Waals surface area (Å²) >= 11 is 0. The number of para-hydroxylation sites is 2. The fourth-order valence-corrected chi connectivity index (χ4v) is 4.89. The second-order valence-electron chi connectivity index (χ2n) is 8.77. The molecule has 0 saturated carbocycles. The SMILES string of the molecule is C[C@@H](c1ccccc1)N1C(=O)C(=O)N([C@H]2CCCN(C[C@H]3COc4ccccc4O3)C2)C1=O. The highest BCUT2D eigenvalue weighted by Crippen LogP contribution is 2.32. The molecule has 0 aromatic heterocycles. The lowest BCUT2D eigenvalue weighted by atomic mass is 10.0. The number of hydrogen-bond acceptors (Lipinski definition) is 6. The van der Waals surface area contributed by atoms with Gasteiger partial charge in [0.15, 0.2) is 11.5 Å². The lowest BCUT2D eigenvalue weighted by Gasteiger charge is -2.38. The van der Waals surface area contributed by atoms with Gasteiger partial charge in [0.2, 0.25) is 0 Å². The molecule has 2 aromatic rings. The molecule has 4 amide bonds. The Morgan fingerprint density at radius 1 is 0.970 bits per heavy atom. The Labute approximate surface area is 192 Å². The minimum absolute atomic E-state index is 0.139. The first kappa shape index (κ1) is 21.5. The van der Waals surface area contributed by atoms with E-state index < -0.39 is 23.9 Å². The van der Waals surface area contributed by atoms with Crippen LogP contribution in [0, 0.1) is 0 Å². The normalized spacial score (nSPS) is 24.3. The number of amides is 4. The summed E-state index contributed by atoms with van der Waals surface area (Å²) in [5.41, 5.74) is 0.814. The highest BCUT2D eigenvalue weighted by molar-refractivity contribution is 6.44. The van der Waals surface area contributed by atoms with Crippen LogP contribution < -0.4 is 9.47 Å². The van der Waals surface area contributed by atoms with Crippen LogP contribution in [0.15, 0.2) is 54.6 Å². The molecule has 5 rings (SSSR count). The third-order valence-corrected chi connectivity index (χ3v) is 6.58. The number of ether oxygens (including phenoxy) is 2. The van der Waals surface area contributed by atoms with E-state index in [0.717, 1.165) is 34.9 Å². The minimum atomic E-state index is -0.755. The molecule has 2 aromatic carbocycles. The van der Waals surface area contributed by atoms with Crippen molar-refractivity contribution in [1.29, 1.82) is 0 Å². The van der Waals surface area contributed by atoms with E-state index in [0.29, 0.717) is 26.1 Å². The molecular formula is C25H27N3O5. The number of piperidine rings is 1. The molecule has 2 fully saturated rings. The molecule has 33 heavy (non-hydrogen) atoms. The van der Waals surface area contributed by atoms with Gasteiger partial charge in [-0.3, -0.25) is 19.4 Å². The molecule has 2 saturated heterocycles. The summed E-state index contributed by atoms with van der Waals surface area (Å²) < 4.78 is 11.9. The summed E-state index contributed by atoms with van der Waals surface area (Å²) in [7, 11) is 0. The first-order chi connectivity index (χ1) is 16.0. The molecule has 8 heteroatoms. The van der Waals surface area contributed by atoms with E-state index in [4.69, 9.17) is 9.47 Å². The van der Waals surface area contributed by atoms with Crippen LogP contribution in [-0.2, 0) is 9.59 Å². The molecule has 3 atom stereocenters. The zero-order valence-corrected chi connectivity index (χ0v) is 18.6. The van der Waals surface area contributed by atoms with Gasteiger partial charge in [-0.15, -0.1) is 0 Å². The van der Waals surface area contributed by atoms with Crippen LogP contribution in [-0.4, -0.2) is 70.9 Å². The van der Waals surface area contributed by atoms with Crippen LogP contribution in [0.3, 0.4) is 0 Å². The standard InChI is InChI=1S/C25H27N3O5/c1-17(18-8-3-2-4-9-18)27-23(29)24(30)28(25(27)31)19-10-7-13-26(14-19)15-20-16-32-21-11-5-6-12-22(21)33-20/h2-6,8-9,11-12,17,19-20H,7,10,13-16H2,1H3/t17-,19-,20-/m0/s1. The highest BCUT2D eigenvalue weighted by atomic mass is 16.6. The molecule has 0 spiro atoms. The Balaban J connectivity index is 1.26. The summed E-state index contributed by atoms with van der Waals surface area (Å²) in [6.07, 6.45) is 1.37. The minimum Gasteiger partial charge on any atom is -0.486 e. The molecule has 0 aliphatic carbocycles. The first-order valence-corrected chi connectivity index (χ1v) is 11.4. The zero-order valence-electron chi connectivity index (χ0n) is 18.6. The number of urea groups is 1. The van der Waals surface area contributed by atoms with Crippen LogP contribution >= 0.6 is 0 Å². The maximum absolute atomic E-state index is 13.2. The van der Waals surface area contributed by atoms with Crippen molar-refractivity contribution < 1.29 is 23.9 Å². The van der Waals surface area contributed by atoms with Crippen LogP contribution in [0.2, 0.25) is 0 Å². The number of nitrogens with zero attached hydrogens (tertiary/aromatic N) is 3. The fraction of sp³-hybridized carbons (Fsp3) is 0.400. The number of fused-ring (bicyclic) bond motifs is 1. The number of likely N-dealkylation sites (tertiary alicyclic amines) is 1. The molecule has 0 radical (unpaired) electrons. The number of carbonyl (C=O) groups excluding carboxylic acids is 3. The largest absolute Gasteiger partial charge is 0.486 e. The third kappa shape index (κ3) is 4.06. The molecule has 172 valence electrons. The van der Waals surface area contributed by atoms with Gasteiger partial charge in [-0.05, 0) is 44.0 Å². The van der Waals surface area contributed by atoms with Crippen LogP contribution in [0.5, 0.6) is 11.5 Å². The lowest BCUT2D eigenvalue weighted by molar-refractivity contribution is -0.145. The number of hydrogen-bond donors (Lipinski definition) is 0. The molecule has 0 N–H and O–H groups in total. The molecule has 3 aliphatic rings. The summed E-state index contributed by atoms with van der Waals surface area (Å²) in [4.78, 5) is 43.3. The first-order valence-electron chi connectivity index (χ1n) is 11.4. The maximum Gasteiger partial charge on any atom is 0.335 e. The van der Waals surface area contributed by atoms with Gasteiger partial charge in [0.05, 0.1) is 12.1 Å². The molecule has 8 nitrogen and oxygen atoms in total. The monoisotopic (exact) mass is 449 g/mol. The molecule has 0 bridgehead atoms. The molecular weight excluding hydrogens is 422 g/mol. The number of rotatable bonds is 5. The average molecular weight is 450 g/mol. The fourth-order valence-electron chi connectivity index (χ4n) is 4.89. The Kier molecular flexibility index (Phi) is 5.76. The van der Waals surface area contributed by atoms with E-state index in [2.05, 4.69) is 4.90 Å². The number of imide groups is 2. The van der Waals surface area contributed by atoms with Crippen molar-refractivity contribution in [2.45, 2.75) is 38.0 Å². The predicted octanol–water partition coefficient (Wildman–Crippen LogP) is 2.84. The van der Waals surface area contributed by atoms with Gasteiger partial charge in [-0.25, -0.2) is 9.69 Å². The van der Waals surface area contributed by atoms with E-state index in [9.17, 15) is 14.4 Å². The van der Waals surface area contributed by atoms with E-state index in [1.54, 1.807) is 6.92 Å². The van der Waals surface area contributed by atoms with Crippen molar-refractivity contribution in [3.63, 3.8) is 0 Å². The third-order valence-electron chi connectivity index (χ3n) is 6.58. The summed E-state index contributed by atoms with van der Waals surface area (Å²) in [6.45, 7) is 4.19. The predicted molar refractivity (Wildman–Crippen MR) is 120 cm³/mol. The van der Waals surface area contributed by atoms with Crippen LogP contribution in [0.4, 0.5) is 4.79 Å². The zero-order chi connectivity index (χ0) is 22.9. The van der Waals surface area contributed by atoms with Gasteiger partial charge in [0.1, 0.15) is 12.7 Å². The number of benzene rings is 2. The second kappa shape index (κ2) is 8.86. The van der Waals surface area contributed by atoms with Crippen molar-refractivity contribution in [1.82, 2.24) is 14.7 Å². The van der Waals surface area contributed by atoms with Gasteiger partial charge in [0, 0.05) is 13.1 Å².